The molecule has 31 heavy (non-hydrogen) atoms. The number of hydrogen-bond acceptors (Lipinski definition) is 7. The van der Waals surface area contributed by atoms with E-state index in [1.165, 1.54) is 0 Å². The van der Waals surface area contributed by atoms with Crippen LogP contribution in [-0.4, -0.2) is 58.7 Å². The molecule has 1 fully saturated rings. The van der Waals surface area contributed by atoms with Crippen LogP contribution in [0.2, 0.25) is 0 Å². The van der Waals surface area contributed by atoms with Crippen LogP contribution in [0, 0.1) is 6.92 Å². The third-order valence-corrected chi connectivity index (χ3v) is 5.97. The van der Waals surface area contributed by atoms with E-state index < -0.39 is 0 Å². The Morgan fingerprint density at radius 1 is 1.35 bits per heavy atom. The number of anilines is 2. The predicted molar refractivity (Wildman–Crippen MR) is 120 cm³/mol. The van der Waals surface area contributed by atoms with E-state index >= 15 is 0 Å². The van der Waals surface area contributed by atoms with Gasteiger partial charge >= 0.3 is 0 Å². The molecule has 1 amide bonds. The molecule has 3 aromatic rings. The van der Waals surface area contributed by atoms with Gasteiger partial charge in [-0.1, -0.05) is 0 Å². The SMILES string of the molecule is COc1ccc(N)c(C(=O)N(C)[C@@H](C)c2cc3nc(N4CC[C@H](N)C4)c(C)cn3n2)c1. The van der Waals surface area contributed by atoms with Gasteiger partial charge in [-0.15, -0.1) is 0 Å². The van der Waals surface area contributed by atoms with Crippen molar-refractivity contribution in [1.29, 1.82) is 0 Å². The molecule has 9 nitrogen and oxygen atoms in total. The first-order valence-electron chi connectivity index (χ1n) is 10.4. The highest BCUT2D eigenvalue weighted by Gasteiger charge is 2.25. The molecule has 4 rings (SSSR count). The van der Waals surface area contributed by atoms with Crippen molar-refractivity contribution < 1.29 is 9.53 Å². The van der Waals surface area contributed by atoms with Gasteiger partial charge in [0.05, 0.1) is 24.4 Å². The lowest BCUT2D eigenvalue weighted by molar-refractivity contribution is 0.0740. The highest BCUT2D eigenvalue weighted by atomic mass is 16.5. The number of carbonyl (C=O) groups excluding carboxylic acids is 1. The number of aromatic nitrogens is 3. The maximum atomic E-state index is 13.1. The van der Waals surface area contributed by atoms with E-state index in [9.17, 15) is 4.79 Å². The quantitative estimate of drug-likeness (QED) is 0.603. The van der Waals surface area contributed by atoms with E-state index in [1.807, 2.05) is 26.1 Å². The van der Waals surface area contributed by atoms with Crippen LogP contribution in [0.25, 0.3) is 5.65 Å². The summed E-state index contributed by atoms with van der Waals surface area (Å²) in [5, 5.41) is 4.67. The number of ether oxygens (including phenoxy) is 1. The fourth-order valence-corrected chi connectivity index (χ4v) is 3.94. The van der Waals surface area contributed by atoms with Crippen molar-refractivity contribution in [1.82, 2.24) is 19.5 Å². The van der Waals surface area contributed by atoms with Crippen LogP contribution in [0.4, 0.5) is 11.5 Å². The second-order valence-corrected chi connectivity index (χ2v) is 8.16. The number of rotatable bonds is 5. The average molecular weight is 424 g/mol. The van der Waals surface area contributed by atoms with Crippen LogP contribution in [0.3, 0.4) is 0 Å². The fourth-order valence-electron chi connectivity index (χ4n) is 3.94. The van der Waals surface area contributed by atoms with Crippen LogP contribution in [-0.2, 0) is 0 Å². The van der Waals surface area contributed by atoms with E-state index in [2.05, 4.69) is 10.00 Å². The molecule has 1 saturated heterocycles. The molecule has 0 radical (unpaired) electrons. The molecule has 0 aliphatic carbocycles. The van der Waals surface area contributed by atoms with Crippen molar-refractivity contribution in [2.24, 2.45) is 5.73 Å². The number of nitrogen functional groups attached to an aromatic ring is 1. The van der Waals surface area contributed by atoms with Crippen molar-refractivity contribution in [3.63, 3.8) is 0 Å². The predicted octanol–water partition coefficient (Wildman–Crippen LogP) is 2.00. The van der Waals surface area contributed by atoms with Gasteiger partial charge in [0.15, 0.2) is 5.65 Å². The maximum absolute atomic E-state index is 13.1. The van der Waals surface area contributed by atoms with Crippen molar-refractivity contribution in [2.75, 3.05) is 37.9 Å². The number of fused-ring (bicyclic) bond motifs is 1. The van der Waals surface area contributed by atoms with E-state index in [0.717, 1.165) is 42.2 Å². The fraction of sp³-hybridized carbons (Fsp3) is 0.409. The Balaban J connectivity index is 1.61. The van der Waals surface area contributed by atoms with Gasteiger partial charge in [0.2, 0.25) is 0 Å². The smallest absolute Gasteiger partial charge is 0.256 e. The van der Waals surface area contributed by atoms with Gasteiger partial charge in [0.1, 0.15) is 11.6 Å². The second kappa shape index (κ2) is 8.07. The number of aryl methyl sites for hydroxylation is 1. The summed E-state index contributed by atoms with van der Waals surface area (Å²) in [5.74, 6) is 1.32. The molecule has 0 saturated carbocycles. The first-order valence-corrected chi connectivity index (χ1v) is 10.4. The van der Waals surface area contributed by atoms with E-state index in [1.54, 1.807) is 41.8 Å². The molecule has 9 heteroatoms. The van der Waals surface area contributed by atoms with Gasteiger partial charge in [0.25, 0.3) is 5.91 Å². The summed E-state index contributed by atoms with van der Waals surface area (Å²) < 4.78 is 7.00. The molecular weight excluding hydrogens is 394 g/mol. The zero-order chi connectivity index (χ0) is 22.3. The van der Waals surface area contributed by atoms with E-state index in [0.29, 0.717) is 17.0 Å². The molecule has 4 N–H and O–H groups in total. The third kappa shape index (κ3) is 3.88. The van der Waals surface area contributed by atoms with Gasteiger partial charge in [-0.3, -0.25) is 4.79 Å². The van der Waals surface area contributed by atoms with Gasteiger partial charge in [-0.05, 0) is 38.5 Å². The Hall–Kier alpha value is -3.33. The summed E-state index contributed by atoms with van der Waals surface area (Å²) >= 11 is 0. The molecule has 2 aromatic heterocycles. The third-order valence-electron chi connectivity index (χ3n) is 5.97. The number of carbonyl (C=O) groups is 1. The molecular formula is C22H29N7O2. The van der Waals surface area contributed by atoms with Gasteiger partial charge in [-0.2, -0.15) is 5.10 Å². The minimum atomic E-state index is -0.274. The van der Waals surface area contributed by atoms with Crippen LogP contribution >= 0.6 is 0 Å². The van der Waals surface area contributed by atoms with Crippen LogP contribution < -0.4 is 21.1 Å². The zero-order valence-corrected chi connectivity index (χ0v) is 18.4. The van der Waals surface area contributed by atoms with Crippen LogP contribution in [0.1, 0.15) is 41.0 Å². The summed E-state index contributed by atoms with van der Waals surface area (Å²) in [4.78, 5) is 21.8. The Morgan fingerprint density at radius 2 is 2.13 bits per heavy atom. The van der Waals surface area contributed by atoms with E-state index in [4.69, 9.17) is 21.2 Å². The largest absolute Gasteiger partial charge is 0.497 e. The Kier molecular flexibility index (Phi) is 5.45. The Bertz CT molecular complexity index is 1130. The minimum absolute atomic E-state index is 0.182. The first-order chi connectivity index (χ1) is 14.8. The Morgan fingerprint density at radius 3 is 2.81 bits per heavy atom. The average Bonchev–Trinajstić information content (AvgIpc) is 3.37. The molecule has 0 unspecified atom stereocenters. The number of hydrogen-bond donors (Lipinski definition) is 2. The lowest BCUT2D eigenvalue weighted by Gasteiger charge is -2.24. The first kappa shape index (κ1) is 20.9. The summed E-state index contributed by atoms with van der Waals surface area (Å²) in [5.41, 5.74) is 15.4. The number of amides is 1. The zero-order valence-electron chi connectivity index (χ0n) is 18.4. The minimum Gasteiger partial charge on any atom is -0.497 e. The summed E-state index contributed by atoms with van der Waals surface area (Å²) in [7, 11) is 3.30. The molecule has 1 aliphatic rings. The summed E-state index contributed by atoms with van der Waals surface area (Å²) in [6, 6.07) is 6.89. The van der Waals surface area contributed by atoms with Crippen molar-refractivity contribution in [2.45, 2.75) is 32.4 Å². The molecule has 1 aromatic carbocycles. The van der Waals surface area contributed by atoms with Crippen molar-refractivity contribution in [3.05, 3.63) is 47.3 Å². The number of methoxy groups -OCH3 is 1. The molecule has 1 aliphatic heterocycles. The maximum Gasteiger partial charge on any atom is 0.256 e. The highest BCUT2D eigenvalue weighted by Crippen LogP contribution is 2.27. The number of nitrogens with two attached hydrogens (primary N) is 2. The van der Waals surface area contributed by atoms with Crippen LogP contribution in [0.5, 0.6) is 5.75 Å². The monoisotopic (exact) mass is 423 g/mol. The van der Waals surface area contributed by atoms with Gasteiger partial charge < -0.3 is 26.0 Å². The second-order valence-electron chi connectivity index (χ2n) is 8.16. The van der Waals surface area contributed by atoms with Crippen LogP contribution in [0.15, 0.2) is 30.5 Å². The molecule has 0 spiro atoms. The highest BCUT2D eigenvalue weighted by molar-refractivity contribution is 5.99. The molecule has 164 valence electrons. The molecule has 0 bridgehead atoms. The van der Waals surface area contributed by atoms with Crippen molar-refractivity contribution in [3.8, 4) is 5.75 Å². The normalized spacial score (nSPS) is 17.2. The number of nitrogens with zero attached hydrogens (tertiary/aromatic N) is 5. The summed E-state index contributed by atoms with van der Waals surface area (Å²) in [6.45, 7) is 5.67. The standard InChI is InChI=1S/C22H29N7O2/c1-13-11-29-20(25-21(13)28-8-7-15(23)12-28)10-19(26-29)14(2)27(3)22(30)17-9-16(31-4)5-6-18(17)24/h5-6,9-11,14-15H,7-8,12,23-24H2,1-4H3/t14-,15-/m0/s1. The van der Waals surface area contributed by atoms with Crippen molar-refractivity contribution >= 4 is 23.1 Å². The Labute approximate surface area is 181 Å². The topological polar surface area (TPSA) is 115 Å². The van der Waals surface area contributed by atoms with Gasteiger partial charge in [0, 0.05) is 49.7 Å². The lowest BCUT2D eigenvalue weighted by atomic mass is 10.1. The van der Waals surface area contributed by atoms with Gasteiger partial charge in [-0.25, -0.2) is 9.50 Å². The number of benzene rings is 1. The lowest BCUT2D eigenvalue weighted by Crippen LogP contribution is -2.30. The molecule has 3 heterocycles. The van der Waals surface area contributed by atoms with E-state index in [-0.39, 0.29) is 18.0 Å². The summed E-state index contributed by atoms with van der Waals surface area (Å²) in [6.07, 6.45) is 2.94. The molecule has 2 atom stereocenters.